The van der Waals surface area contributed by atoms with Gasteiger partial charge in [-0.2, -0.15) is 5.10 Å². The molecule has 2 aliphatic rings. The number of hydrogen-bond acceptors (Lipinski definition) is 6. The molecule has 0 aliphatic carbocycles. The van der Waals surface area contributed by atoms with Crippen molar-refractivity contribution in [1.82, 2.24) is 0 Å². The van der Waals surface area contributed by atoms with Gasteiger partial charge in [-0.25, -0.2) is 22.0 Å². The molecule has 7 nitrogen and oxygen atoms in total. The Bertz CT molecular complexity index is 1200. The van der Waals surface area contributed by atoms with E-state index in [4.69, 9.17) is 0 Å². The van der Waals surface area contributed by atoms with Gasteiger partial charge in [0.2, 0.25) is 5.82 Å². The molecule has 37 heavy (non-hydrogen) atoms. The van der Waals surface area contributed by atoms with Crippen LogP contribution in [0.2, 0.25) is 0 Å². The predicted molar refractivity (Wildman–Crippen MR) is 132 cm³/mol. The summed E-state index contributed by atoms with van der Waals surface area (Å²) in [5, 5.41) is 15.8. The van der Waals surface area contributed by atoms with Gasteiger partial charge >= 0.3 is 0 Å². The molecule has 2 atom stereocenters. The van der Waals surface area contributed by atoms with Gasteiger partial charge in [0.25, 0.3) is 5.69 Å². The van der Waals surface area contributed by atoms with Crippen LogP contribution in [0.15, 0.2) is 17.2 Å². The van der Waals surface area contributed by atoms with Crippen molar-refractivity contribution in [3.63, 3.8) is 0 Å². The summed E-state index contributed by atoms with van der Waals surface area (Å²) in [6, 6.07) is 3.32. The van der Waals surface area contributed by atoms with Gasteiger partial charge < -0.3 is 9.80 Å². The Labute approximate surface area is 211 Å². The van der Waals surface area contributed by atoms with Gasteiger partial charge in [-0.1, -0.05) is 0 Å². The standard InChI is InChI=1S/C25H28F5N5O2/c1-14-7-3-5-9-33(14)17-12-18(34-10-6-4-8-15(34)2)19(35(36)37)11-16(17)13-31-32-25-23(29)21(27)20(26)22(28)24(25)30/h11-15,32H,3-10H2,1-2H3/b31-13-/t14-,15-/m0/s1. The van der Waals surface area contributed by atoms with E-state index in [1.54, 1.807) is 6.07 Å². The fraction of sp³-hybridized carbons (Fsp3) is 0.480. The Morgan fingerprint density at radius 3 is 1.89 bits per heavy atom. The van der Waals surface area contributed by atoms with Crippen LogP contribution < -0.4 is 15.2 Å². The second kappa shape index (κ2) is 10.9. The Balaban J connectivity index is 1.79. The molecular weight excluding hydrogens is 497 g/mol. The minimum Gasteiger partial charge on any atom is -0.368 e. The van der Waals surface area contributed by atoms with Crippen LogP contribution in [0, 0.1) is 39.2 Å². The lowest BCUT2D eigenvalue weighted by Gasteiger charge is -2.39. The minimum absolute atomic E-state index is 0.106. The summed E-state index contributed by atoms with van der Waals surface area (Å²) < 4.78 is 68.6. The number of rotatable bonds is 6. The number of nitrogens with one attached hydrogen (secondary N) is 1. The third-order valence-corrected chi connectivity index (χ3v) is 7.14. The zero-order valence-corrected chi connectivity index (χ0v) is 20.5. The molecule has 2 aromatic rings. The molecule has 2 aliphatic heterocycles. The topological polar surface area (TPSA) is 74.0 Å². The summed E-state index contributed by atoms with van der Waals surface area (Å²) >= 11 is 0. The molecule has 0 aromatic heterocycles. The second-order valence-electron chi connectivity index (χ2n) is 9.55. The third-order valence-electron chi connectivity index (χ3n) is 7.14. The van der Waals surface area contributed by atoms with Gasteiger partial charge in [-0.15, -0.1) is 0 Å². The number of nitro benzene ring substituents is 1. The highest BCUT2D eigenvalue weighted by Crippen LogP contribution is 2.40. The number of hydrazone groups is 1. The van der Waals surface area contributed by atoms with E-state index in [0.717, 1.165) is 44.7 Å². The van der Waals surface area contributed by atoms with E-state index < -0.39 is 39.7 Å². The SMILES string of the molecule is C[C@H]1CCCCN1c1cc(N2CCCC[C@@H]2C)c([N+](=O)[O-])cc1/C=N\Nc1c(F)c(F)c(F)c(F)c1F. The van der Waals surface area contributed by atoms with E-state index in [1.807, 2.05) is 24.2 Å². The zero-order valence-electron chi connectivity index (χ0n) is 20.5. The summed E-state index contributed by atoms with van der Waals surface area (Å²) in [5.41, 5.74) is 1.83. The first-order valence-electron chi connectivity index (χ1n) is 12.3. The van der Waals surface area contributed by atoms with Crippen LogP contribution in [-0.4, -0.2) is 36.3 Å². The van der Waals surface area contributed by atoms with Crippen LogP contribution >= 0.6 is 0 Å². The summed E-state index contributed by atoms with van der Waals surface area (Å²) in [4.78, 5) is 15.7. The first-order valence-corrected chi connectivity index (χ1v) is 12.3. The third kappa shape index (κ3) is 5.19. The molecule has 2 aromatic carbocycles. The maximum atomic E-state index is 14.1. The molecule has 0 radical (unpaired) electrons. The molecule has 4 rings (SSSR count). The minimum atomic E-state index is -2.27. The molecule has 12 heteroatoms. The van der Waals surface area contributed by atoms with Gasteiger partial charge in [0.05, 0.1) is 11.1 Å². The van der Waals surface area contributed by atoms with Crippen molar-refractivity contribution >= 4 is 29.0 Å². The van der Waals surface area contributed by atoms with Crippen LogP contribution in [-0.2, 0) is 0 Å². The predicted octanol–water partition coefficient (Wildman–Crippen LogP) is 6.49. The molecular formula is C25H28F5N5O2. The van der Waals surface area contributed by atoms with E-state index in [0.29, 0.717) is 24.5 Å². The van der Waals surface area contributed by atoms with Crippen molar-refractivity contribution in [2.75, 3.05) is 28.3 Å². The number of piperidine rings is 2. The second-order valence-corrected chi connectivity index (χ2v) is 9.55. The number of halogens is 5. The summed E-state index contributed by atoms with van der Waals surface area (Å²) in [5.74, 6) is -10.6. The molecule has 0 bridgehead atoms. The van der Waals surface area contributed by atoms with Gasteiger partial charge in [0.1, 0.15) is 11.4 Å². The first kappa shape index (κ1) is 26.6. The molecule has 0 saturated carbocycles. The van der Waals surface area contributed by atoms with Crippen molar-refractivity contribution < 1.29 is 26.9 Å². The lowest BCUT2D eigenvalue weighted by molar-refractivity contribution is -0.384. The van der Waals surface area contributed by atoms with Gasteiger partial charge in [0, 0.05) is 42.5 Å². The highest BCUT2D eigenvalue weighted by atomic mass is 19.2. The maximum Gasteiger partial charge on any atom is 0.293 e. The summed E-state index contributed by atoms with van der Waals surface area (Å²) in [6.45, 7) is 5.43. The number of anilines is 3. The first-order chi connectivity index (χ1) is 17.6. The van der Waals surface area contributed by atoms with Gasteiger partial charge in [0.15, 0.2) is 23.3 Å². The molecule has 0 unspecified atom stereocenters. The lowest BCUT2D eigenvalue weighted by Crippen LogP contribution is -2.40. The maximum absolute atomic E-state index is 14.1. The smallest absolute Gasteiger partial charge is 0.293 e. The molecule has 2 heterocycles. The average molecular weight is 526 g/mol. The normalized spacial score (nSPS) is 20.5. The molecule has 2 fully saturated rings. The van der Waals surface area contributed by atoms with Crippen molar-refractivity contribution in [1.29, 1.82) is 0 Å². The zero-order chi connectivity index (χ0) is 26.9. The Hall–Kier alpha value is -3.44. The summed E-state index contributed by atoms with van der Waals surface area (Å²) in [6.07, 6.45) is 6.81. The molecule has 200 valence electrons. The highest BCUT2D eigenvalue weighted by molar-refractivity contribution is 5.92. The average Bonchev–Trinajstić information content (AvgIpc) is 2.88. The van der Waals surface area contributed by atoms with E-state index in [9.17, 15) is 32.1 Å². The lowest BCUT2D eigenvalue weighted by atomic mass is 9.98. The molecule has 0 spiro atoms. The van der Waals surface area contributed by atoms with Crippen LogP contribution in [0.1, 0.15) is 57.9 Å². The quantitative estimate of drug-likeness (QED) is 0.117. The highest BCUT2D eigenvalue weighted by Gasteiger charge is 2.30. The van der Waals surface area contributed by atoms with Crippen LogP contribution in [0.25, 0.3) is 0 Å². The number of hydrogen-bond donors (Lipinski definition) is 1. The summed E-state index contributed by atoms with van der Waals surface area (Å²) in [7, 11) is 0. The van der Waals surface area contributed by atoms with Crippen molar-refractivity contribution in [3.8, 4) is 0 Å². The Morgan fingerprint density at radius 2 is 1.38 bits per heavy atom. The van der Waals surface area contributed by atoms with E-state index >= 15 is 0 Å². The van der Waals surface area contributed by atoms with Crippen molar-refractivity contribution in [3.05, 3.63) is 56.9 Å². The van der Waals surface area contributed by atoms with Crippen molar-refractivity contribution in [2.24, 2.45) is 5.10 Å². The fourth-order valence-corrected chi connectivity index (χ4v) is 5.09. The van der Waals surface area contributed by atoms with Crippen LogP contribution in [0.3, 0.4) is 0 Å². The van der Waals surface area contributed by atoms with E-state index in [2.05, 4.69) is 10.0 Å². The number of nitrogens with zero attached hydrogens (tertiary/aromatic N) is 4. The molecule has 1 N–H and O–H groups in total. The number of benzene rings is 2. The Kier molecular flexibility index (Phi) is 7.84. The Morgan fingerprint density at radius 1 is 0.865 bits per heavy atom. The largest absolute Gasteiger partial charge is 0.368 e. The van der Waals surface area contributed by atoms with Gasteiger partial charge in [-0.3, -0.25) is 15.5 Å². The van der Waals surface area contributed by atoms with E-state index in [-0.39, 0.29) is 23.3 Å². The van der Waals surface area contributed by atoms with Crippen LogP contribution in [0.5, 0.6) is 0 Å². The monoisotopic (exact) mass is 525 g/mol. The molecule has 2 saturated heterocycles. The fourth-order valence-electron chi connectivity index (χ4n) is 5.09. The van der Waals surface area contributed by atoms with E-state index in [1.165, 1.54) is 6.07 Å². The number of nitro groups is 1. The van der Waals surface area contributed by atoms with Crippen molar-refractivity contribution in [2.45, 2.75) is 64.5 Å². The van der Waals surface area contributed by atoms with Gasteiger partial charge in [-0.05, 0) is 58.4 Å². The van der Waals surface area contributed by atoms with Crippen LogP contribution in [0.4, 0.5) is 44.7 Å². The molecule has 0 amide bonds.